The number of halogens is 6. The van der Waals surface area contributed by atoms with E-state index in [1.807, 2.05) is 0 Å². The second kappa shape index (κ2) is 5.88. The van der Waals surface area contributed by atoms with E-state index in [4.69, 9.17) is 0 Å². The lowest BCUT2D eigenvalue weighted by molar-refractivity contribution is -0.314. The maximum absolute atomic E-state index is 12.4. The molecule has 2 fully saturated rings. The van der Waals surface area contributed by atoms with Crippen LogP contribution in [0.5, 0.6) is 0 Å². The minimum Gasteiger partial charge on any atom is -0.443 e. The van der Waals surface area contributed by atoms with Crippen LogP contribution in [0.25, 0.3) is 0 Å². The number of rotatable bonds is 2. The summed E-state index contributed by atoms with van der Waals surface area (Å²) in [5.41, 5.74) is 5.78. The van der Waals surface area contributed by atoms with Crippen molar-refractivity contribution in [1.82, 2.24) is 10.9 Å². The van der Waals surface area contributed by atoms with Gasteiger partial charge in [-0.05, 0) is 32.1 Å². The highest BCUT2D eigenvalue weighted by atomic mass is 19.4. The van der Waals surface area contributed by atoms with Crippen LogP contribution in [0.2, 0.25) is 0 Å². The second-order valence-electron chi connectivity index (χ2n) is 5.76. The average Bonchev–Trinajstić information content (AvgIpc) is 2.82. The Labute approximate surface area is 122 Å². The Morgan fingerprint density at radius 2 is 1.59 bits per heavy atom. The van der Waals surface area contributed by atoms with Crippen molar-refractivity contribution in [2.24, 2.45) is 5.92 Å². The summed E-state index contributed by atoms with van der Waals surface area (Å²) in [6.45, 7) is 0.735. The van der Waals surface area contributed by atoms with Gasteiger partial charge in [-0.2, -0.15) is 26.3 Å². The third kappa shape index (κ3) is 3.83. The number of alkyl halides is 6. The van der Waals surface area contributed by atoms with Crippen LogP contribution >= 0.6 is 0 Å². The number of hydrazine groups is 1. The molecule has 128 valence electrons. The molecule has 1 aliphatic carbocycles. The predicted molar refractivity (Wildman–Crippen MR) is 62.4 cm³/mol. The topological polar surface area (TPSA) is 50.4 Å². The lowest BCUT2D eigenvalue weighted by Crippen LogP contribution is -2.49. The first-order valence-electron chi connectivity index (χ1n) is 6.87. The fourth-order valence-corrected chi connectivity index (χ4v) is 2.93. The summed E-state index contributed by atoms with van der Waals surface area (Å²) >= 11 is 0. The molecule has 1 saturated carbocycles. The molecule has 0 unspecified atom stereocenters. The van der Waals surface area contributed by atoms with Crippen molar-refractivity contribution in [2.45, 2.75) is 56.1 Å². The Morgan fingerprint density at radius 3 is 2.00 bits per heavy atom. The van der Waals surface area contributed by atoms with Gasteiger partial charge >= 0.3 is 18.3 Å². The summed E-state index contributed by atoms with van der Waals surface area (Å²) in [6.07, 6.45) is -13.2. The second-order valence-corrected chi connectivity index (χ2v) is 5.76. The SMILES string of the molecule is O=C(OC(C(F)(F)F)C(F)(F)F)C1CCC2(CCNN2)CC1. The molecule has 0 aromatic rings. The molecule has 2 aliphatic rings. The molecule has 2 N–H and O–H groups in total. The summed E-state index contributed by atoms with van der Waals surface area (Å²) in [4.78, 5) is 11.6. The smallest absolute Gasteiger partial charge is 0.434 e. The molecule has 1 spiro atoms. The Balaban J connectivity index is 1.94. The molecule has 1 heterocycles. The third-order valence-corrected chi connectivity index (χ3v) is 4.19. The number of nitrogens with one attached hydrogen (secondary N) is 2. The van der Waals surface area contributed by atoms with Crippen LogP contribution in [0, 0.1) is 5.92 Å². The zero-order valence-electron chi connectivity index (χ0n) is 11.5. The molecule has 0 bridgehead atoms. The average molecular weight is 334 g/mol. The van der Waals surface area contributed by atoms with E-state index in [0.29, 0.717) is 12.8 Å². The highest BCUT2D eigenvalue weighted by Gasteiger charge is 2.60. The van der Waals surface area contributed by atoms with Crippen LogP contribution in [0.1, 0.15) is 32.1 Å². The number of ether oxygens (including phenoxy) is 1. The van der Waals surface area contributed by atoms with E-state index >= 15 is 0 Å². The zero-order chi connectivity index (χ0) is 16.6. The normalized spacial score (nSPS) is 30.0. The standard InChI is InChI=1S/C12H16F6N2O2/c13-11(14,15)9(12(16,17)18)22-8(21)7-1-3-10(4-2-7)5-6-19-20-10/h7,9,19-20H,1-6H2. The molecule has 10 heteroatoms. The first kappa shape index (κ1) is 17.3. The van der Waals surface area contributed by atoms with Crippen LogP contribution in [-0.2, 0) is 9.53 Å². The summed E-state index contributed by atoms with van der Waals surface area (Å²) in [5, 5.41) is 0. The first-order chi connectivity index (χ1) is 10.0. The van der Waals surface area contributed by atoms with Crippen LogP contribution in [0.3, 0.4) is 0 Å². The van der Waals surface area contributed by atoms with Crippen molar-refractivity contribution in [2.75, 3.05) is 6.54 Å². The minimum atomic E-state index is -5.67. The summed E-state index contributed by atoms with van der Waals surface area (Å²) in [6, 6.07) is 0. The molecule has 1 aliphatic heterocycles. The Morgan fingerprint density at radius 1 is 1.05 bits per heavy atom. The highest BCUT2D eigenvalue weighted by molar-refractivity contribution is 5.73. The molecular weight excluding hydrogens is 318 g/mol. The van der Waals surface area contributed by atoms with Gasteiger partial charge in [-0.3, -0.25) is 15.6 Å². The number of hydrogen-bond acceptors (Lipinski definition) is 4. The van der Waals surface area contributed by atoms with Crippen molar-refractivity contribution >= 4 is 5.97 Å². The Bertz CT molecular complexity index is 393. The summed E-state index contributed by atoms with van der Waals surface area (Å²) < 4.78 is 78.0. The zero-order valence-corrected chi connectivity index (χ0v) is 11.5. The van der Waals surface area contributed by atoms with Gasteiger partial charge in [0.1, 0.15) is 0 Å². The Hall–Kier alpha value is -1.03. The maximum Gasteiger partial charge on any atom is 0.434 e. The van der Waals surface area contributed by atoms with Gasteiger partial charge in [0.05, 0.1) is 5.92 Å². The van der Waals surface area contributed by atoms with Gasteiger partial charge in [0.2, 0.25) is 0 Å². The molecule has 0 radical (unpaired) electrons. The molecule has 0 amide bonds. The van der Waals surface area contributed by atoms with Crippen molar-refractivity contribution in [3.8, 4) is 0 Å². The summed E-state index contributed by atoms with van der Waals surface area (Å²) in [5.74, 6) is -2.36. The molecule has 0 aromatic heterocycles. The minimum absolute atomic E-state index is 0.204. The number of carbonyl (C=O) groups excluding carboxylic acids is 1. The van der Waals surface area contributed by atoms with Gasteiger partial charge < -0.3 is 4.74 Å². The molecule has 4 nitrogen and oxygen atoms in total. The fraction of sp³-hybridized carbons (Fsp3) is 0.917. The molecule has 1 saturated heterocycles. The van der Waals surface area contributed by atoms with Crippen LogP contribution in [-0.4, -0.2) is 36.5 Å². The molecule has 2 rings (SSSR count). The van der Waals surface area contributed by atoms with Crippen molar-refractivity contribution in [3.05, 3.63) is 0 Å². The Kier molecular flexibility index (Phi) is 4.63. The molecule has 0 aromatic carbocycles. The first-order valence-corrected chi connectivity index (χ1v) is 6.87. The number of carbonyl (C=O) groups is 1. The third-order valence-electron chi connectivity index (χ3n) is 4.19. The van der Waals surface area contributed by atoms with Crippen molar-refractivity contribution < 1.29 is 35.9 Å². The molecule has 0 atom stereocenters. The predicted octanol–water partition coefficient (Wildman–Crippen LogP) is 2.45. The van der Waals surface area contributed by atoms with Gasteiger partial charge in [-0.15, -0.1) is 0 Å². The fourth-order valence-electron chi connectivity index (χ4n) is 2.93. The van der Waals surface area contributed by atoms with E-state index in [1.165, 1.54) is 0 Å². The maximum atomic E-state index is 12.4. The van der Waals surface area contributed by atoms with E-state index < -0.39 is 30.3 Å². The van der Waals surface area contributed by atoms with Gasteiger partial charge in [0, 0.05) is 12.1 Å². The number of hydrogen-bond donors (Lipinski definition) is 2. The van der Waals surface area contributed by atoms with Crippen LogP contribution in [0.4, 0.5) is 26.3 Å². The molecule has 22 heavy (non-hydrogen) atoms. The largest absolute Gasteiger partial charge is 0.443 e. The van der Waals surface area contributed by atoms with E-state index in [9.17, 15) is 31.1 Å². The van der Waals surface area contributed by atoms with E-state index in [-0.39, 0.29) is 18.4 Å². The van der Waals surface area contributed by atoms with Crippen LogP contribution < -0.4 is 10.9 Å². The van der Waals surface area contributed by atoms with E-state index in [0.717, 1.165) is 13.0 Å². The molecular formula is C12H16F6N2O2. The van der Waals surface area contributed by atoms with Gasteiger partial charge in [0.15, 0.2) is 0 Å². The van der Waals surface area contributed by atoms with Crippen LogP contribution in [0.15, 0.2) is 0 Å². The van der Waals surface area contributed by atoms with E-state index in [1.54, 1.807) is 0 Å². The number of esters is 1. The highest BCUT2D eigenvalue weighted by Crippen LogP contribution is 2.39. The van der Waals surface area contributed by atoms with Crippen molar-refractivity contribution in [3.63, 3.8) is 0 Å². The lowest BCUT2D eigenvalue weighted by atomic mass is 9.76. The van der Waals surface area contributed by atoms with E-state index in [2.05, 4.69) is 15.6 Å². The monoisotopic (exact) mass is 334 g/mol. The quantitative estimate of drug-likeness (QED) is 0.602. The van der Waals surface area contributed by atoms with Crippen molar-refractivity contribution in [1.29, 1.82) is 0 Å². The van der Waals surface area contributed by atoms with Gasteiger partial charge in [-0.25, -0.2) is 0 Å². The lowest BCUT2D eigenvalue weighted by Gasteiger charge is -2.36. The summed E-state index contributed by atoms with van der Waals surface area (Å²) in [7, 11) is 0. The van der Waals surface area contributed by atoms with Gasteiger partial charge in [0.25, 0.3) is 6.10 Å². The van der Waals surface area contributed by atoms with Gasteiger partial charge in [-0.1, -0.05) is 0 Å².